The van der Waals surface area contributed by atoms with Crippen molar-refractivity contribution in [1.29, 1.82) is 0 Å². The van der Waals surface area contributed by atoms with E-state index in [4.69, 9.17) is 5.73 Å². The van der Waals surface area contributed by atoms with Crippen LogP contribution in [0.15, 0.2) is 12.1 Å². The van der Waals surface area contributed by atoms with Crippen LogP contribution >= 0.6 is 11.3 Å². The standard InChI is InChI=1S/C11H19NOS/c1-3-9-4-5-10(14-9)8-11(2,13)6-7-12/h4-5,13H,3,6-8,12H2,1-2H3. The molecular weight excluding hydrogens is 194 g/mol. The summed E-state index contributed by atoms with van der Waals surface area (Å²) in [6, 6.07) is 4.24. The summed E-state index contributed by atoms with van der Waals surface area (Å²) in [5, 5.41) is 9.98. The first-order valence-electron chi connectivity index (χ1n) is 5.07. The van der Waals surface area contributed by atoms with Crippen molar-refractivity contribution >= 4 is 11.3 Å². The lowest BCUT2D eigenvalue weighted by molar-refractivity contribution is 0.0547. The Kier molecular flexibility index (Phi) is 4.11. The summed E-state index contributed by atoms with van der Waals surface area (Å²) in [6.45, 7) is 4.54. The fourth-order valence-electron chi connectivity index (χ4n) is 1.48. The highest BCUT2D eigenvalue weighted by atomic mass is 32.1. The maximum Gasteiger partial charge on any atom is 0.0679 e. The smallest absolute Gasteiger partial charge is 0.0679 e. The zero-order valence-electron chi connectivity index (χ0n) is 8.92. The predicted molar refractivity (Wildman–Crippen MR) is 61.7 cm³/mol. The largest absolute Gasteiger partial charge is 0.390 e. The van der Waals surface area contributed by atoms with Crippen LogP contribution in [0.25, 0.3) is 0 Å². The number of aryl methyl sites for hydroxylation is 1. The number of hydrogen-bond acceptors (Lipinski definition) is 3. The van der Waals surface area contributed by atoms with Crippen molar-refractivity contribution in [3.05, 3.63) is 21.9 Å². The Hall–Kier alpha value is -0.380. The molecular formula is C11H19NOS. The molecule has 1 atom stereocenters. The van der Waals surface area contributed by atoms with Crippen LogP contribution in [0.2, 0.25) is 0 Å². The first-order chi connectivity index (χ1) is 6.57. The molecule has 0 aliphatic rings. The number of thiophene rings is 1. The minimum Gasteiger partial charge on any atom is -0.390 e. The summed E-state index contributed by atoms with van der Waals surface area (Å²) in [5.41, 5.74) is 4.79. The van der Waals surface area contributed by atoms with Crippen LogP contribution in [-0.4, -0.2) is 17.3 Å². The van der Waals surface area contributed by atoms with Gasteiger partial charge in [0.1, 0.15) is 0 Å². The summed E-state index contributed by atoms with van der Waals surface area (Å²) >= 11 is 1.78. The van der Waals surface area contributed by atoms with Crippen LogP contribution in [-0.2, 0) is 12.8 Å². The van der Waals surface area contributed by atoms with E-state index in [0.29, 0.717) is 13.0 Å². The third kappa shape index (κ3) is 3.40. The molecule has 0 saturated carbocycles. The van der Waals surface area contributed by atoms with Gasteiger partial charge < -0.3 is 10.8 Å². The van der Waals surface area contributed by atoms with Crippen molar-refractivity contribution in [2.45, 2.75) is 38.7 Å². The second-order valence-electron chi connectivity index (χ2n) is 3.93. The Morgan fingerprint density at radius 1 is 1.43 bits per heavy atom. The average molecular weight is 213 g/mol. The van der Waals surface area contributed by atoms with Gasteiger partial charge in [-0.25, -0.2) is 0 Å². The molecule has 2 nitrogen and oxygen atoms in total. The first-order valence-corrected chi connectivity index (χ1v) is 5.89. The normalized spacial score (nSPS) is 15.4. The van der Waals surface area contributed by atoms with Gasteiger partial charge in [-0.3, -0.25) is 0 Å². The molecule has 0 bridgehead atoms. The molecule has 0 aliphatic heterocycles. The van der Waals surface area contributed by atoms with Gasteiger partial charge in [0.15, 0.2) is 0 Å². The van der Waals surface area contributed by atoms with Crippen LogP contribution in [0.1, 0.15) is 30.0 Å². The average Bonchev–Trinajstić information content (AvgIpc) is 2.51. The highest BCUT2D eigenvalue weighted by Gasteiger charge is 2.20. The van der Waals surface area contributed by atoms with E-state index in [-0.39, 0.29) is 0 Å². The van der Waals surface area contributed by atoms with Crippen LogP contribution in [0.5, 0.6) is 0 Å². The van der Waals surface area contributed by atoms with E-state index in [2.05, 4.69) is 19.1 Å². The third-order valence-electron chi connectivity index (χ3n) is 2.30. The van der Waals surface area contributed by atoms with Crippen LogP contribution < -0.4 is 5.73 Å². The van der Waals surface area contributed by atoms with E-state index in [9.17, 15) is 5.11 Å². The molecule has 0 aliphatic carbocycles. The quantitative estimate of drug-likeness (QED) is 0.785. The number of nitrogens with two attached hydrogens (primary N) is 1. The Bertz CT molecular complexity index is 281. The second-order valence-corrected chi connectivity index (χ2v) is 5.19. The topological polar surface area (TPSA) is 46.2 Å². The fourth-order valence-corrected chi connectivity index (χ4v) is 2.62. The predicted octanol–water partition coefficient (Wildman–Crippen LogP) is 1.95. The van der Waals surface area contributed by atoms with E-state index < -0.39 is 5.60 Å². The molecule has 0 amide bonds. The van der Waals surface area contributed by atoms with Gasteiger partial charge in [0.05, 0.1) is 5.60 Å². The number of rotatable bonds is 5. The molecule has 0 aromatic carbocycles. The Morgan fingerprint density at radius 3 is 2.57 bits per heavy atom. The number of hydrogen-bond donors (Lipinski definition) is 2. The van der Waals surface area contributed by atoms with Crippen LogP contribution in [0.4, 0.5) is 0 Å². The minimum absolute atomic E-state index is 0.541. The minimum atomic E-state index is -0.648. The molecule has 1 heterocycles. The summed E-state index contributed by atoms with van der Waals surface area (Å²) in [4.78, 5) is 2.63. The molecule has 0 fully saturated rings. The molecule has 80 valence electrons. The van der Waals surface area contributed by atoms with Gasteiger partial charge in [0.25, 0.3) is 0 Å². The molecule has 0 spiro atoms. The molecule has 1 unspecified atom stereocenters. The highest BCUT2D eigenvalue weighted by molar-refractivity contribution is 7.12. The van der Waals surface area contributed by atoms with Crippen molar-refractivity contribution < 1.29 is 5.11 Å². The zero-order chi connectivity index (χ0) is 10.6. The van der Waals surface area contributed by atoms with E-state index in [1.54, 1.807) is 11.3 Å². The second kappa shape index (κ2) is 4.91. The van der Waals surface area contributed by atoms with Crippen LogP contribution in [0.3, 0.4) is 0 Å². The SMILES string of the molecule is CCc1ccc(CC(C)(O)CCN)s1. The van der Waals surface area contributed by atoms with Crippen molar-refractivity contribution in [2.24, 2.45) is 5.73 Å². The Labute approximate surface area is 89.8 Å². The van der Waals surface area contributed by atoms with Gasteiger partial charge >= 0.3 is 0 Å². The molecule has 0 saturated heterocycles. The Morgan fingerprint density at radius 2 is 2.07 bits per heavy atom. The molecule has 0 radical (unpaired) electrons. The summed E-state index contributed by atoms with van der Waals surface area (Å²) in [7, 11) is 0. The van der Waals surface area contributed by atoms with E-state index in [1.807, 2.05) is 6.92 Å². The zero-order valence-corrected chi connectivity index (χ0v) is 9.73. The lowest BCUT2D eigenvalue weighted by Crippen LogP contribution is -2.29. The van der Waals surface area contributed by atoms with E-state index >= 15 is 0 Å². The van der Waals surface area contributed by atoms with E-state index in [1.165, 1.54) is 9.75 Å². The van der Waals surface area contributed by atoms with Gasteiger partial charge in [-0.05, 0) is 38.4 Å². The molecule has 14 heavy (non-hydrogen) atoms. The first kappa shape index (κ1) is 11.7. The summed E-state index contributed by atoms with van der Waals surface area (Å²) < 4.78 is 0. The fraction of sp³-hybridized carbons (Fsp3) is 0.636. The molecule has 1 aromatic heterocycles. The molecule has 1 rings (SSSR count). The van der Waals surface area contributed by atoms with Crippen molar-refractivity contribution in [3.8, 4) is 0 Å². The lowest BCUT2D eigenvalue weighted by atomic mass is 9.97. The lowest BCUT2D eigenvalue weighted by Gasteiger charge is -2.21. The van der Waals surface area contributed by atoms with Crippen LogP contribution in [0, 0.1) is 0 Å². The number of aliphatic hydroxyl groups is 1. The maximum absolute atomic E-state index is 9.98. The van der Waals surface area contributed by atoms with Gasteiger partial charge in [-0.2, -0.15) is 0 Å². The highest BCUT2D eigenvalue weighted by Crippen LogP contribution is 2.23. The van der Waals surface area contributed by atoms with Gasteiger partial charge in [-0.1, -0.05) is 6.92 Å². The van der Waals surface area contributed by atoms with Gasteiger partial charge in [0.2, 0.25) is 0 Å². The molecule has 3 heteroatoms. The van der Waals surface area contributed by atoms with Crippen molar-refractivity contribution in [2.75, 3.05) is 6.54 Å². The third-order valence-corrected chi connectivity index (χ3v) is 3.53. The van der Waals surface area contributed by atoms with Gasteiger partial charge in [0, 0.05) is 16.2 Å². The van der Waals surface area contributed by atoms with Crippen molar-refractivity contribution in [1.82, 2.24) is 0 Å². The van der Waals surface area contributed by atoms with Crippen molar-refractivity contribution in [3.63, 3.8) is 0 Å². The van der Waals surface area contributed by atoms with E-state index in [0.717, 1.165) is 12.8 Å². The molecule has 1 aromatic rings. The summed E-state index contributed by atoms with van der Waals surface area (Å²) in [5.74, 6) is 0. The maximum atomic E-state index is 9.98. The molecule has 3 N–H and O–H groups in total. The Balaban J connectivity index is 2.58. The summed E-state index contributed by atoms with van der Waals surface area (Å²) in [6.07, 6.45) is 2.45. The van der Waals surface area contributed by atoms with Gasteiger partial charge in [-0.15, -0.1) is 11.3 Å². The monoisotopic (exact) mass is 213 g/mol.